The van der Waals surface area contributed by atoms with Crippen LogP contribution in [0.2, 0.25) is 0 Å². The molecule has 0 aliphatic heterocycles. The first kappa shape index (κ1) is 10.5. The second-order valence-corrected chi connectivity index (χ2v) is 3.35. The molecule has 0 fully saturated rings. The maximum atomic E-state index is 11.2. The van der Waals surface area contributed by atoms with E-state index in [1.54, 1.807) is 19.1 Å². The molecule has 2 heterocycles. The van der Waals surface area contributed by atoms with Crippen LogP contribution in [-0.2, 0) is 4.74 Å². The molecule has 0 aromatic carbocycles. The van der Waals surface area contributed by atoms with E-state index in [9.17, 15) is 4.79 Å². The predicted molar refractivity (Wildman–Crippen MR) is 55.0 cm³/mol. The monoisotopic (exact) mass is 221 g/mol. The van der Waals surface area contributed by atoms with E-state index < -0.39 is 5.97 Å². The van der Waals surface area contributed by atoms with Gasteiger partial charge < -0.3 is 13.7 Å². The van der Waals surface area contributed by atoms with Crippen LogP contribution in [0.15, 0.2) is 21.1 Å². The van der Waals surface area contributed by atoms with Crippen molar-refractivity contribution in [2.75, 3.05) is 7.11 Å². The number of hydrogen-bond donors (Lipinski definition) is 0. The predicted octanol–water partition coefficient (Wildman–Crippen LogP) is 2.34. The Balaban J connectivity index is 2.43. The molecule has 0 unspecified atom stereocenters. The van der Waals surface area contributed by atoms with Crippen molar-refractivity contribution in [2.45, 2.75) is 13.8 Å². The topological polar surface area (TPSA) is 65.5 Å². The lowest BCUT2D eigenvalue weighted by molar-refractivity contribution is 0.0566. The lowest BCUT2D eigenvalue weighted by Crippen LogP contribution is -1.98. The largest absolute Gasteiger partial charge is 0.463 e. The van der Waals surface area contributed by atoms with Crippen molar-refractivity contribution in [1.82, 2.24) is 5.16 Å². The number of esters is 1. The minimum absolute atomic E-state index is 0.164. The number of methoxy groups -OCH3 is 1. The van der Waals surface area contributed by atoms with Gasteiger partial charge >= 0.3 is 5.97 Å². The zero-order valence-electron chi connectivity index (χ0n) is 9.23. The molecule has 0 N–H and O–H groups in total. The summed E-state index contributed by atoms with van der Waals surface area (Å²) in [5, 5.41) is 3.82. The van der Waals surface area contributed by atoms with Crippen LogP contribution < -0.4 is 0 Å². The molecule has 0 bridgehead atoms. The molecule has 84 valence electrons. The van der Waals surface area contributed by atoms with Crippen LogP contribution in [0, 0.1) is 13.8 Å². The van der Waals surface area contributed by atoms with E-state index in [0.29, 0.717) is 11.5 Å². The van der Waals surface area contributed by atoms with Gasteiger partial charge in [-0.05, 0) is 26.0 Å². The van der Waals surface area contributed by atoms with E-state index in [2.05, 4.69) is 9.89 Å². The molecule has 2 rings (SSSR count). The smallest absolute Gasteiger partial charge is 0.373 e. The van der Waals surface area contributed by atoms with E-state index in [1.807, 2.05) is 6.92 Å². The Bertz CT molecular complexity index is 504. The number of furan rings is 1. The lowest BCUT2D eigenvalue weighted by atomic mass is 10.1. The van der Waals surface area contributed by atoms with Crippen LogP contribution in [-0.4, -0.2) is 18.2 Å². The third-order valence-corrected chi connectivity index (χ3v) is 2.27. The van der Waals surface area contributed by atoms with Crippen molar-refractivity contribution in [3.8, 4) is 11.3 Å². The second kappa shape index (κ2) is 3.84. The van der Waals surface area contributed by atoms with Gasteiger partial charge in [-0.2, -0.15) is 0 Å². The van der Waals surface area contributed by atoms with E-state index in [0.717, 1.165) is 11.3 Å². The van der Waals surface area contributed by atoms with Gasteiger partial charge in [0, 0.05) is 0 Å². The summed E-state index contributed by atoms with van der Waals surface area (Å²) in [6, 6.07) is 3.26. The lowest BCUT2D eigenvalue weighted by Gasteiger charge is -1.95. The highest BCUT2D eigenvalue weighted by Crippen LogP contribution is 2.28. The SMILES string of the molecule is COC(=O)c1ccc(-c2c(C)noc2C)o1. The van der Waals surface area contributed by atoms with Gasteiger partial charge in [-0.3, -0.25) is 0 Å². The van der Waals surface area contributed by atoms with Crippen LogP contribution in [0.25, 0.3) is 11.3 Å². The van der Waals surface area contributed by atoms with Crippen molar-refractivity contribution < 1.29 is 18.5 Å². The van der Waals surface area contributed by atoms with Crippen LogP contribution in [0.5, 0.6) is 0 Å². The molecule has 0 spiro atoms. The zero-order valence-corrected chi connectivity index (χ0v) is 9.23. The maximum Gasteiger partial charge on any atom is 0.373 e. The average Bonchev–Trinajstić information content (AvgIpc) is 2.85. The van der Waals surface area contributed by atoms with E-state index in [4.69, 9.17) is 8.94 Å². The Labute approximate surface area is 92.0 Å². The summed E-state index contributed by atoms with van der Waals surface area (Å²) >= 11 is 0. The van der Waals surface area contributed by atoms with Crippen molar-refractivity contribution in [3.63, 3.8) is 0 Å². The molecule has 0 atom stereocenters. The van der Waals surface area contributed by atoms with Crippen molar-refractivity contribution in [3.05, 3.63) is 29.3 Å². The number of hydrogen-bond acceptors (Lipinski definition) is 5. The molecule has 16 heavy (non-hydrogen) atoms. The molecular formula is C11H11NO4. The molecule has 0 aliphatic carbocycles. The summed E-state index contributed by atoms with van der Waals surface area (Å²) in [5.74, 6) is 0.871. The summed E-state index contributed by atoms with van der Waals surface area (Å²) in [5.41, 5.74) is 1.50. The molecule has 2 aromatic heterocycles. The molecule has 0 aliphatic rings. The summed E-state index contributed by atoms with van der Waals surface area (Å²) in [6.07, 6.45) is 0. The Hall–Kier alpha value is -2.04. The number of ether oxygens (including phenoxy) is 1. The fraction of sp³-hybridized carbons (Fsp3) is 0.273. The highest BCUT2D eigenvalue weighted by molar-refractivity contribution is 5.87. The quantitative estimate of drug-likeness (QED) is 0.728. The number of aromatic nitrogens is 1. The Kier molecular flexibility index (Phi) is 2.52. The molecule has 0 saturated carbocycles. The van der Waals surface area contributed by atoms with E-state index in [1.165, 1.54) is 7.11 Å². The Morgan fingerprint density at radius 2 is 2.12 bits per heavy atom. The highest BCUT2D eigenvalue weighted by atomic mass is 16.5. The second-order valence-electron chi connectivity index (χ2n) is 3.35. The van der Waals surface area contributed by atoms with Crippen LogP contribution in [0.4, 0.5) is 0 Å². The van der Waals surface area contributed by atoms with Gasteiger partial charge in [0.25, 0.3) is 0 Å². The average molecular weight is 221 g/mol. The molecule has 0 radical (unpaired) electrons. The summed E-state index contributed by atoms with van der Waals surface area (Å²) in [6.45, 7) is 3.60. The normalized spacial score (nSPS) is 10.4. The molecule has 0 saturated heterocycles. The first-order chi connectivity index (χ1) is 7.63. The summed E-state index contributed by atoms with van der Waals surface area (Å²) in [4.78, 5) is 11.2. The van der Waals surface area contributed by atoms with Gasteiger partial charge in [-0.1, -0.05) is 5.16 Å². The van der Waals surface area contributed by atoms with E-state index in [-0.39, 0.29) is 5.76 Å². The standard InChI is InChI=1S/C11H11NO4/c1-6-10(7(2)16-12-6)8-4-5-9(15-8)11(13)14-3/h4-5H,1-3H3. The third kappa shape index (κ3) is 1.60. The Morgan fingerprint density at radius 1 is 1.38 bits per heavy atom. The fourth-order valence-electron chi connectivity index (χ4n) is 1.52. The zero-order chi connectivity index (χ0) is 11.7. The van der Waals surface area contributed by atoms with Gasteiger partial charge in [0.05, 0.1) is 18.4 Å². The molecular weight excluding hydrogens is 210 g/mol. The molecule has 0 amide bonds. The minimum atomic E-state index is -0.502. The van der Waals surface area contributed by atoms with Crippen molar-refractivity contribution >= 4 is 5.97 Å². The first-order valence-corrected chi connectivity index (χ1v) is 4.75. The van der Waals surface area contributed by atoms with Crippen molar-refractivity contribution in [1.29, 1.82) is 0 Å². The van der Waals surface area contributed by atoms with Gasteiger partial charge in [-0.25, -0.2) is 4.79 Å². The van der Waals surface area contributed by atoms with Gasteiger partial charge in [0.2, 0.25) is 5.76 Å². The van der Waals surface area contributed by atoms with Crippen LogP contribution in [0.3, 0.4) is 0 Å². The molecule has 5 nitrogen and oxygen atoms in total. The summed E-state index contributed by atoms with van der Waals surface area (Å²) < 4.78 is 14.9. The summed E-state index contributed by atoms with van der Waals surface area (Å²) in [7, 11) is 1.31. The number of rotatable bonds is 2. The maximum absolute atomic E-state index is 11.2. The molecule has 5 heteroatoms. The van der Waals surface area contributed by atoms with Gasteiger partial charge in [-0.15, -0.1) is 0 Å². The first-order valence-electron chi connectivity index (χ1n) is 4.75. The van der Waals surface area contributed by atoms with Crippen LogP contribution >= 0.6 is 0 Å². The number of nitrogens with zero attached hydrogens (tertiary/aromatic N) is 1. The van der Waals surface area contributed by atoms with Crippen molar-refractivity contribution in [2.24, 2.45) is 0 Å². The number of aryl methyl sites for hydroxylation is 2. The van der Waals surface area contributed by atoms with Gasteiger partial charge in [0.15, 0.2) is 0 Å². The van der Waals surface area contributed by atoms with Gasteiger partial charge in [0.1, 0.15) is 11.5 Å². The number of carbonyl (C=O) groups is 1. The minimum Gasteiger partial charge on any atom is -0.463 e. The third-order valence-electron chi connectivity index (χ3n) is 2.27. The van der Waals surface area contributed by atoms with E-state index >= 15 is 0 Å². The number of carbonyl (C=O) groups excluding carboxylic acids is 1. The Morgan fingerprint density at radius 3 is 2.69 bits per heavy atom. The molecule has 2 aromatic rings. The van der Waals surface area contributed by atoms with Crippen LogP contribution in [0.1, 0.15) is 22.0 Å². The fourth-order valence-corrected chi connectivity index (χ4v) is 1.52. The highest BCUT2D eigenvalue weighted by Gasteiger charge is 2.17.